The van der Waals surface area contributed by atoms with Crippen LogP contribution in [0.5, 0.6) is 17.4 Å². The van der Waals surface area contributed by atoms with Gasteiger partial charge in [0.1, 0.15) is 22.7 Å². The Morgan fingerprint density at radius 2 is 1.96 bits per heavy atom. The largest absolute Gasteiger partial charge is 0.481 e. The number of thiophene rings is 1. The lowest BCUT2D eigenvalue weighted by Crippen LogP contribution is -2.30. The van der Waals surface area contributed by atoms with Crippen LogP contribution in [0.2, 0.25) is 0 Å². The number of carbonyl (C=O) groups is 1. The van der Waals surface area contributed by atoms with E-state index in [0.717, 1.165) is 16.6 Å². The number of benzene rings is 1. The van der Waals surface area contributed by atoms with Crippen LogP contribution in [0.1, 0.15) is 18.7 Å². The van der Waals surface area contributed by atoms with Gasteiger partial charge in [0.15, 0.2) is 6.10 Å². The minimum absolute atomic E-state index is 0.511. The van der Waals surface area contributed by atoms with E-state index >= 15 is 0 Å². The summed E-state index contributed by atoms with van der Waals surface area (Å²) in [5.74, 6) is 1.18. The van der Waals surface area contributed by atoms with Crippen molar-refractivity contribution in [2.75, 3.05) is 0 Å². The second kappa shape index (κ2) is 6.84. The predicted molar refractivity (Wildman–Crippen MR) is 92.6 cm³/mol. The van der Waals surface area contributed by atoms with Crippen molar-refractivity contribution >= 4 is 27.5 Å². The molecule has 2 N–H and O–H groups in total. The van der Waals surface area contributed by atoms with Crippen LogP contribution >= 0.6 is 11.3 Å². The Bertz CT molecular complexity index is 861. The summed E-state index contributed by atoms with van der Waals surface area (Å²) in [5.41, 5.74) is 5.18. The molecule has 0 aliphatic carbocycles. The average Bonchev–Trinajstić information content (AvgIpc) is 3.01. The van der Waals surface area contributed by atoms with E-state index in [-0.39, 0.29) is 0 Å². The Hall–Kier alpha value is -2.67. The van der Waals surface area contributed by atoms with Crippen LogP contribution in [0.15, 0.2) is 36.7 Å². The number of ether oxygens (including phenoxy) is 2. The van der Waals surface area contributed by atoms with Crippen LogP contribution in [-0.4, -0.2) is 22.0 Å². The van der Waals surface area contributed by atoms with Crippen LogP contribution in [0.3, 0.4) is 0 Å². The summed E-state index contributed by atoms with van der Waals surface area (Å²) in [6.07, 6.45) is 1.76. The molecule has 3 rings (SSSR count). The van der Waals surface area contributed by atoms with E-state index in [2.05, 4.69) is 23.0 Å². The van der Waals surface area contributed by atoms with Crippen molar-refractivity contribution in [3.63, 3.8) is 0 Å². The van der Waals surface area contributed by atoms with E-state index in [9.17, 15) is 4.79 Å². The highest BCUT2D eigenvalue weighted by Crippen LogP contribution is 2.32. The normalized spacial score (nSPS) is 12.1. The van der Waals surface area contributed by atoms with Gasteiger partial charge in [-0.2, -0.15) is 0 Å². The van der Waals surface area contributed by atoms with Crippen molar-refractivity contribution in [2.45, 2.75) is 26.4 Å². The molecule has 1 aromatic carbocycles. The van der Waals surface area contributed by atoms with E-state index in [0.29, 0.717) is 17.4 Å². The molecule has 0 bridgehead atoms. The Balaban J connectivity index is 1.79. The summed E-state index contributed by atoms with van der Waals surface area (Å²) in [5, 5.41) is 0.905. The Kier molecular flexibility index (Phi) is 4.61. The molecule has 1 amide bonds. The van der Waals surface area contributed by atoms with Crippen molar-refractivity contribution in [2.24, 2.45) is 5.73 Å². The predicted octanol–water partition coefficient (Wildman–Crippen LogP) is 3.30. The number of carbonyl (C=O) groups excluding carboxylic acids is 1. The molecule has 0 aliphatic heterocycles. The number of nitrogens with zero attached hydrogens (tertiary/aromatic N) is 2. The number of rotatable bonds is 6. The molecule has 1 unspecified atom stereocenters. The summed E-state index contributed by atoms with van der Waals surface area (Å²) < 4.78 is 11.3. The van der Waals surface area contributed by atoms with E-state index in [1.54, 1.807) is 42.5 Å². The second-order valence-electron chi connectivity index (χ2n) is 5.20. The molecule has 124 valence electrons. The number of hydrogen-bond donors (Lipinski definition) is 1. The number of aryl methyl sites for hydroxylation is 1. The van der Waals surface area contributed by atoms with Crippen molar-refractivity contribution in [1.29, 1.82) is 0 Å². The van der Waals surface area contributed by atoms with Gasteiger partial charge in [-0.05, 0) is 43.7 Å². The highest BCUT2D eigenvalue weighted by molar-refractivity contribution is 7.18. The number of amides is 1. The lowest BCUT2D eigenvalue weighted by Gasteiger charge is -2.11. The Labute approximate surface area is 143 Å². The first kappa shape index (κ1) is 16.2. The van der Waals surface area contributed by atoms with Crippen molar-refractivity contribution in [3.8, 4) is 17.4 Å². The van der Waals surface area contributed by atoms with Gasteiger partial charge >= 0.3 is 0 Å². The van der Waals surface area contributed by atoms with Gasteiger partial charge in [-0.1, -0.05) is 6.92 Å². The number of primary amides is 1. The minimum Gasteiger partial charge on any atom is -0.481 e. The molecule has 1 atom stereocenters. The van der Waals surface area contributed by atoms with Gasteiger partial charge in [-0.3, -0.25) is 4.79 Å². The molecule has 0 saturated heterocycles. The van der Waals surface area contributed by atoms with Crippen molar-refractivity contribution in [3.05, 3.63) is 41.5 Å². The van der Waals surface area contributed by atoms with E-state index in [4.69, 9.17) is 15.2 Å². The molecule has 0 aliphatic rings. The number of fused-ring (bicyclic) bond motifs is 1. The maximum atomic E-state index is 11.0. The monoisotopic (exact) mass is 343 g/mol. The first-order valence-corrected chi connectivity index (χ1v) is 8.35. The first-order valence-electron chi connectivity index (χ1n) is 7.54. The van der Waals surface area contributed by atoms with Crippen molar-refractivity contribution in [1.82, 2.24) is 9.97 Å². The van der Waals surface area contributed by atoms with Gasteiger partial charge in [0.2, 0.25) is 5.88 Å². The minimum atomic E-state index is -0.684. The van der Waals surface area contributed by atoms with Crippen LogP contribution < -0.4 is 15.2 Å². The lowest BCUT2D eigenvalue weighted by atomic mass is 10.3. The molecule has 6 nitrogen and oxygen atoms in total. The van der Waals surface area contributed by atoms with Crippen molar-refractivity contribution < 1.29 is 14.3 Å². The van der Waals surface area contributed by atoms with E-state index < -0.39 is 12.0 Å². The molecule has 2 heterocycles. The highest BCUT2D eigenvalue weighted by Gasteiger charge is 2.12. The standard InChI is InChI=1S/C17H17N3O3S/c1-3-13-8-14-16(19-9-20-17(14)24-13)23-12-6-4-11(5-7-12)22-10(2)15(18)21/h4-10H,3H2,1-2H3,(H2,18,21). The number of aromatic nitrogens is 2. The average molecular weight is 343 g/mol. The zero-order valence-electron chi connectivity index (χ0n) is 13.4. The number of nitrogens with two attached hydrogens (primary N) is 1. The molecule has 0 radical (unpaired) electrons. The maximum absolute atomic E-state index is 11.0. The molecule has 7 heteroatoms. The third-order valence-corrected chi connectivity index (χ3v) is 4.63. The Morgan fingerprint density at radius 3 is 2.62 bits per heavy atom. The number of hydrogen-bond acceptors (Lipinski definition) is 6. The molecular weight excluding hydrogens is 326 g/mol. The molecular formula is C17H17N3O3S. The molecule has 0 saturated carbocycles. The summed E-state index contributed by atoms with van der Waals surface area (Å²) in [7, 11) is 0. The highest BCUT2D eigenvalue weighted by atomic mass is 32.1. The smallest absolute Gasteiger partial charge is 0.258 e. The van der Waals surface area contributed by atoms with Gasteiger partial charge in [0, 0.05) is 4.88 Å². The van der Waals surface area contributed by atoms with Gasteiger partial charge < -0.3 is 15.2 Å². The first-order chi connectivity index (χ1) is 11.6. The Morgan fingerprint density at radius 1 is 1.25 bits per heavy atom. The molecule has 3 aromatic rings. The second-order valence-corrected chi connectivity index (χ2v) is 6.32. The molecule has 2 aromatic heterocycles. The fraction of sp³-hybridized carbons (Fsp3) is 0.235. The fourth-order valence-corrected chi connectivity index (χ4v) is 3.02. The van der Waals surface area contributed by atoms with Gasteiger partial charge in [-0.15, -0.1) is 11.3 Å². The summed E-state index contributed by atoms with van der Waals surface area (Å²) in [4.78, 5) is 21.7. The summed E-state index contributed by atoms with van der Waals surface area (Å²) in [6, 6.07) is 9.01. The quantitative estimate of drug-likeness (QED) is 0.742. The zero-order valence-corrected chi connectivity index (χ0v) is 14.2. The van der Waals surface area contributed by atoms with Gasteiger partial charge in [-0.25, -0.2) is 9.97 Å². The van der Waals surface area contributed by atoms with Gasteiger partial charge in [0.25, 0.3) is 5.91 Å². The molecule has 24 heavy (non-hydrogen) atoms. The van der Waals surface area contributed by atoms with Crippen LogP contribution in [-0.2, 0) is 11.2 Å². The lowest BCUT2D eigenvalue weighted by molar-refractivity contribution is -0.123. The zero-order chi connectivity index (χ0) is 17.1. The van der Waals surface area contributed by atoms with Gasteiger partial charge in [0.05, 0.1) is 5.39 Å². The molecule has 0 fully saturated rings. The van der Waals surface area contributed by atoms with E-state index in [1.807, 2.05) is 0 Å². The third-order valence-electron chi connectivity index (χ3n) is 3.44. The van der Waals surface area contributed by atoms with Crippen LogP contribution in [0.25, 0.3) is 10.2 Å². The molecule has 0 spiro atoms. The van der Waals surface area contributed by atoms with Crippen LogP contribution in [0.4, 0.5) is 0 Å². The third kappa shape index (κ3) is 3.46. The summed E-state index contributed by atoms with van der Waals surface area (Å²) >= 11 is 1.64. The van der Waals surface area contributed by atoms with E-state index in [1.165, 1.54) is 11.2 Å². The summed E-state index contributed by atoms with van der Waals surface area (Å²) in [6.45, 7) is 3.71. The topological polar surface area (TPSA) is 87.3 Å². The van der Waals surface area contributed by atoms with Crippen LogP contribution in [0, 0.1) is 0 Å². The maximum Gasteiger partial charge on any atom is 0.258 e. The fourth-order valence-electron chi connectivity index (χ4n) is 2.10. The SMILES string of the molecule is CCc1cc2c(Oc3ccc(OC(C)C(N)=O)cc3)ncnc2s1.